The molecule has 0 radical (unpaired) electrons. The van der Waals surface area contributed by atoms with E-state index in [2.05, 4.69) is 31.1 Å². The molecule has 1 aromatic rings. The molecule has 1 saturated heterocycles. The first-order valence-corrected chi connectivity index (χ1v) is 9.94. The molecule has 2 heterocycles. The Morgan fingerprint density at radius 1 is 1.54 bits per heavy atom. The topological polar surface area (TPSA) is 82.5 Å². The third-order valence-corrected chi connectivity index (χ3v) is 5.75. The highest BCUT2D eigenvalue weighted by atomic mass is 32.2. The maximum Gasteiger partial charge on any atom is 0.355 e. The van der Waals surface area contributed by atoms with Crippen LogP contribution in [0, 0.1) is 5.41 Å². The van der Waals surface area contributed by atoms with E-state index in [4.69, 9.17) is 5.11 Å². The molecule has 1 amide bonds. The Morgan fingerprint density at radius 2 is 2.29 bits per heavy atom. The largest absolute Gasteiger partial charge is 0.476 e. The number of amides is 1. The van der Waals surface area contributed by atoms with Gasteiger partial charge in [-0.3, -0.25) is 4.79 Å². The lowest BCUT2D eigenvalue weighted by molar-refractivity contribution is -0.128. The summed E-state index contributed by atoms with van der Waals surface area (Å²) in [6.07, 6.45) is 1.52. The molecule has 2 N–H and O–H groups in total. The molecule has 2 rings (SSSR count). The van der Waals surface area contributed by atoms with Crippen molar-refractivity contribution in [2.75, 3.05) is 25.4 Å². The Bertz CT molecular complexity index is 583. The number of thiazole rings is 1. The highest BCUT2D eigenvalue weighted by Crippen LogP contribution is 2.25. The van der Waals surface area contributed by atoms with E-state index in [1.54, 1.807) is 5.38 Å². The predicted octanol–water partition coefficient (Wildman–Crippen LogP) is 2.56. The molecule has 1 unspecified atom stereocenters. The molecule has 1 aliphatic rings. The van der Waals surface area contributed by atoms with Crippen LogP contribution in [0.3, 0.4) is 0 Å². The summed E-state index contributed by atoms with van der Waals surface area (Å²) < 4.78 is 0.737. The zero-order valence-corrected chi connectivity index (χ0v) is 16.0. The minimum Gasteiger partial charge on any atom is -0.476 e. The molecule has 0 bridgehead atoms. The van der Waals surface area contributed by atoms with Crippen molar-refractivity contribution >= 4 is 35.0 Å². The summed E-state index contributed by atoms with van der Waals surface area (Å²) in [5.41, 5.74) is 0.319. The first-order valence-electron chi connectivity index (χ1n) is 8.08. The number of aromatic nitrogens is 1. The molecule has 0 saturated carbocycles. The number of rotatable bonds is 8. The molecule has 24 heavy (non-hydrogen) atoms. The summed E-state index contributed by atoms with van der Waals surface area (Å²) in [7, 11) is 0. The van der Waals surface area contributed by atoms with Crippen molar-refractivity contribution in [3.05, 3.63) is 11.1 Å². The first kappa shape index (κ1) is 19.2. The van der Waals surface area contributed by atoms with Gasteiger partial charge in [0.05, 0.1) is 0 Å². The van der Waals surface area contributed by atoms with Crippen molar-refractivity contribution in [1.82, 2.24) is 15.2 Å². The summed E-state index contributed by atoms with van der Waals surface area (Å²) >= 11 is 2.84. The van der Waals surface area contributed by atoms with E-state index in [9.17, 15) is 9.59 Å². The van der Waals surface area contributed by atoms with E-state index in [-0.39, 0.29) is 23.1 Å². The molecule has 1 atom stereocenters. The molecule has 1 aromatic heterocycles. The second-order valence-electron chi connectivity index (χ2n) is 7.12. The monoisotopic (exact) mass is 371 g/mol. The van der Waals surface area contributed by atoms with Crippen LogP contribution >= 0.6 is 23.1 Å². The number of carboxylic acids is 1. The van der Waals surface area contributed by atoms with Crippen molar-refractivity contribution < 1.29 is 14.7 Å². The maximum absolute atomic E-state index is 12.1. The SMILES string of the molecule is CC(C)(C)CNCC1CCC(=O)N1CCSc1nc(C(=O)O)cs1. The van der Waals surface area contributed by atoms with E-state index in [0.717, 1.165) is 29.6 Å². The van der Waals surface area contributed by atoms with Gasteiger partial charge in [-0.05, 0) is 11.8 Å². The summed E-state index contributed by atoms with van der Waals surface area (Å²) in [6.45, 7) is 8.99. The number of thioether (sulfide) groups is 1. The molecule has 0 aliphatic carbocycles. The van der Waals surface area contributed by atoms with Crippen LogP contribution in [0.25, 0.3) is 0 Å². The van der Waals surface area contributed by atoms with Crippen LogP contribution in [0.4, 0.5) is 0 Å². The number of aromatic carboxylic acids is 1. The van der Waals surface area contributed by atoms with Gasteiger partial charge in [0.2, 0.25) is 5.91 Å². The van der Waals surface area contributed by atoms with Crippen molar-refractivity contribution in [3.8, 4) is 0 Å². The minimum absolute atomic E-state index is 0.0870. The Hall–Kier alpha value is -1.12. The number of nitrogens with zero attached hydrogens (tertiary/aromatic N) is 2. The van der Waals surface area contributed by atoms with Gasteiger partial charge in [-0.15, -0.1) is 11.3 Å². The molecule has 0 spiro atoms. The molecule has 1 aliphatic heterocycles. The number of nitrogens with one attached hydrogen (secondary N) is 1. The van der Waals surface area contributed by atoms with Gasteiger partial charge >= 0.3 is 5.97 Å². The van der Waals surface area contributed by atoms with E-state index >= 15 is 0 Å². The Labute approximate surface area is 151 Å². The molecular formula is C16H25N3O3S2. The van der Waals surface area contributed by atoms with Gasteiger partial charge in [-0.2, -0.15) is 0 Å². The molecular weight excluding hydrogens is 346 g/mol. The van der Waals surface area contributed by atoms with Gasteiger partial charge in [0.1, 0.15) is 0 Å². The quantitative estimate of drug-likeness (QED) is 0.684. The lowest BCUT2D eigenvalue weighted by Gasteiger charge is -2.27. The Balaban J connectivity index is 1.78. The molecule has 1 fully saturated rings. The fourth-order valence-corrected chi connectivity index (χ4v) is 4.39. The Morgan fingerprint density at radius 3 is 2.92 bits per heavy atom. The second kappa shape index (κ2) is 8.31. The third-order valence-electron chi connectivity index (χ3n) is 3.75. The van der Waals surface area contributed by atoms with Crippen molar-refractivity contribution in [1.29, 1.82) is 0 Å². The van der Waals surface area contributed by atoms with Gasteiger partial charge in [0.15, 0.2) is 10.0 Å². The van der Waals surface area contributed by atoms with Crippen LogP contribution < -0.4 is 5.32 Å². The van der Waals surface area contributed by atoms with Crippen LogP contribution in [0.5, 0.6) is 0 Å². The van der Waals surface area contributed by atoms with Gasteiger partial charge in [0, 0.05) is 43.2 Å². The fraction of sp³-hybridized carbons (Fsp3) is 0.688. The minimum atomic E-state index is -1.00. The summed E-state index contributed by atoms with van der Waals surface area (Å²) in [4.78, 5) is 28.9. The van der Waals surface area contributed by atoms with Gasteiger partial charge < -0.3 is 15.3 Å². The van der Waals surface area contributed by atoms with Crippen LogP contribution in [0.1, 0.15) is 44.1 Å². The molecule has 6 nitrogen and oxygen atoms in total. The maximum atomic E-state index is 12.1. The smallest absolute Gasteiger partial charge is 0.355 e. The van der Waals surface area contributed by atoms with Crippen molar-refractivity contribution in [2.24, 2.45) is 5.41 Å². The molecule has 0 aromatic carbocycles. The summed E-state index contributed by atoms with van der Waals surface area (Å²) in [5, 5.41) is 13.9. The Kier molecular flexibility index (Phi) is 6.65. The number of likely N-dealkylation sites (tertiary alicyclic amines) is 1. The molecule has 134 valence electrons. The van der Waals surface area contributed by atoms with E-state index in [0.29, 0.717) is 13.0 Å². The number of carbonyl (C=O) groups excluding carboxylic acids is 1. The van der Waals surface area contributed by atoms with Crippen molar-refractivity contribution in [2.45, 2.75) is 44.0 Å². The summed E-state index contributed by atoms with van der Waals surface area (Å²) in [5.74, 6) is -0.0602. The van der Waals surface area contributed by atoms with Crippen LogP contribution in [0.2, 0.25) is 0 Å². The van der Waals surface area contributed by atoms with Crippen LogP contribution in [-0.4, -0.2) is 58.3 Å². The first-order chi connectivity index (χ1) is 11.3. The number of hydrogen-bond donors (Lipinski definition) is 2. The van der Waals surface area contributed by atoms with Gasteiger partial charge in [-0.25, -0.2) is 9.78 Å². The van der Waals surface area contributed by atoms with Gasteiger partial charge in [0.25, 0.3) is 0 Å². The highest BCUT2D eigenvalue weighted by molar-refractivity contribution is 8.01. The van der Waals surface area contributed by atoms with E-state index < -0.39 is 5.97 Å². The lowest BCUT2D eigenvalue weighted by atomic mass is 9.97. The van der Waals surface area contributed by atoms with E-state index in [1.807, 2.05) is 4.90 Å². The fourth-order valence-electron chi connectivity index (χ4n) is 2.58. The summed E-state index contributed by atoms with van der Waals surface area (Å²) in [6, 6.07) is 0.256. The van der Waals surface area contributed by atoms with Gasteiger partial charge in [-0.1, -0.05) is 32.5 Å². The number of carboxylic acid groups (broad SMARTS) is 1. The normalized spacial score (nSPS) is 18.4. The van der Waals surface area contributed by atoms with E-state index in [1.165, 1.54) is 23.1 Å². The zero-order valence-electron chi connectivity index (χ0n) is 14.4. The second-order valence-corrected chi connectivity index (χ2v) is 9.32. The predicted molar refractivity (Wildman–Crippen MR) is 96.9 cm³/mol. The molecule has 8 heteroatoms. The van der Waals surface area contributed by atoms with Crippen molar-refractivity contribution in [3.63, 3.8) is 0 Å². The standard InChI is InChI=1S/C16H25N3O3S2/c1-16(2,3)10-17-8-11-4-5-13(20)19(11)6-7-23-15-18-12(9-24-15)14(21)22/h9,11,17H,4-8,10H2,1-3H3,(H,21,22). The number of carbonyl (C=O) groups is 2. The highest BCUT2D eigenvalue weighted by Gasteiger charge is 2.30. The number of hydrogen-bond acceptors (Lipinski definition) is 6. The van der Waals surface area contributed by atoms with Crippen LogP contribution in [-0.2, 0) is 4.79 Å². The average Bonchev–Trinajstić information content (AvgIpc) is 3.07. The van der Waals surface area contributed by atoms with Crippen LogP contribution in [0.15, 0.2) is 9.72 Å². The average molecular weight is 372 g/mol. The lowest BCUT2D eigenvalue weighted by Crippen LogP contribution is -2.42. The zero-order chi connectivity index (χ0) is 17.7. The third kappa shape index (κ3) is 5.75.